The highest BCUT2D eigenvalue weighted by molar-refractivity contribution is 7.07. The number of hydrogen-bond donors (Lipinski definition) is 2. The minimum absolute atomic E-state index is 0.288. The van der Waals surface area contributed by atoms with Gasteiger partial charge in [0.2, 0.25) is 0 Å². The molecule has 11 heavy (non-hydrogen) atoms. The van der Waals surface area contributed by atoms with Crippen molar-refractivity contribution in [3.63, 3.8) is 0 Å². The van der Waals surface area contributed by atoms with Crippen LogP contribution in [0.15, 0.2) is 22.0 Å². The topological polar surface area (TPSA) is 58.6 Å². The molecule has 0 aromatic carbocycles. The van der Waals surface area contributed by atoms with Gasteiger partial charge in [0.1, 0.15) is 5.84 Å². The molecule has 0 fully saturated rings. The number of oxime groups is 1. The molecule has 0 aliphatic rings. The van der Waals surface area contributed by atoms with Crippen LogP contribution in [0.25, 0.3) is 0 Å². The van der Waals surface area contributed by atoms with E-state index in [4.69, 9.17) is 10.9 Å². The monoisotopic (exact) mass is 170 g/mol. The summed E-state index contributed by atoms with van der Waals surface area (Å²) in [5.41, 5.74) is 6.53. The van der Waals surface area contributed by atoms with Gasteiger partial charge in [0, 0.05) is 6.42 Å². The number of nitrogens with two attached hydrogens (primary N) is 1. The van der Waals surface area contributed by atoms with E-state index >= 15 is 0 Å². The van der Waals surface area contributed by atoms with E-state index in [0.29, 0.717) is 6.42 Å². The Morgan fingerprint density at radius 2 is 2.55 bits per heavy atom. The summed E-state index contributed by atoms with van der Waals surface area (Å²) in [7, 11) is 0. The molecule has 0 radical (unpaired) electrons. The van der Waals surface area contributed by atoms with Crippen LogP contribution in [-0.2, 0) is 6.42 Å². The summed E-state index contributed by atoms with van der Waals surface area (Å²) < 4.78 is 0. The molecule has 60 valence electrons. The first-order valence-corrected chi connectivity index (χ1v) is 4.24. The zero-order valence-electron chi connectivity index (χ0n) is 6.03. The molecule has 0 saturated heterocycles. The average Bonchev–Trinajstić information content (AvgIpc) is 2.52. The summed E-state index contributed by atoms with van der Waals surface area (Å²) in [5, 5.41) is 15.2. The maximum Gasteiger partial charge on any atom is 0.139 e. The third-order valence-corrected chi connectivity index (χ3v) is 2.11. The molecule has 0 amide bonds. The summed E-state index contributed by atoms with van der Waals surface area (Å²) in [4.78, 5) is 0. The summed E-state index contributed by atoms with van der Waals surface area (Å²) >= 11 is 1.66. The van der Waals surface area contributed by atoms with Crippen LogP contribution in [-0.4, -0.2) is 11.0 Å². The number of amidine groups is 1. The molecule has 0 bridgehead atoms. The van der Waals surface area contributed by atoms with Gasteiger partial charge in [0.15, 0.2) is 0 Å². The summed E-state index contributed by atoms with van der Waals surface area (Å²) in [6, 6.07) is 2.04. The molecule has 3 N–H and O–H groups in total. The molecule has 0 saturated carbocycles. The first-order valence-electron chi connectivity index (χ1n) is 3.30. The second-order valence-corrected chi connectivity index (χ2v) is 3.00. The van der Waals surface area contributed by atoms with Gasteiger partial charge in [-0.15, -0.1) is 0 Å². The van der Waals surface area contributed by atoms with E-state index in [-0.39, 0.29) is 5.84 Å². The van der Waals surface area contributed by atoms with Crippen LogP contribution in [0.5, 0.6) is 0 Å². The van der Waals surface area contributed by atoms with E-state index in [1.54, 1.807) is 11.3 Å². The maximum atomic E-state index is 8.23. The molecule has 4 heteroatoms. The van der Waals surface area contributed by atoms with Crippen LogP contribution in [0.4, 0.5) is 0 Å². The van der Waals surface area contributed by atoms with Crippen molar-refractivity contribution in [2.45, 2.75) is 12.8 Å². The minimum atomic E-state index is 0.288. The summed E-state index contributed by atoms with van der Waals surface area (Å²) in [6.07, 6.45) is 1.46. The second-order valence-electron chi connectivity index (χ2n) is 2.22. The maximum absolute atomic E-state index is 8.23. The molecule has 0 spiro atoms. The Bertz CT molecular complexity index is 231. The van der Waals surface area contributed by atoms with E-state index < -0.39 is 0 Å². The predicted molar refractivity (Wildman–Crippen MR) is 46.0 cm³/mol. The first-order chi connectivity index (χ1) is 5.33. The fourth-order valence-corrected chi connectivity index (χ4v) is 1.46. The van der Waals surface area contributed by atoms with Crippen LogP contribution in [0.1, 0.15) is 12.0 Å². The molecule has 0 aliphatic carbocycles. The number of thiophene rings is 1. The lowest BCUT2D eigenvalue weighted by Gasteiger charge is -1.94. The number of hydrogen-bond acceptors (Lipinski definition) is 3. The van der Waals surface area contributed by atoms with Gasteiger partial charge >= 0.3 is 0 Å². The lowest BCUT2D eigenvalue weighted by Crippen LogP contribution is -2.11. The van der Waals surface area contributed by atoms with Crippen molar-refractivity contribution in [2.24, 2.45) is 10.9 Å². The van der Waals surface area contributed by atoms with Crippen LogP contribution in [0.3, 0.4) is 0 Å². The first kappa shape index (κ1) is 8.07. The Morgan fingerprint density at radius 1 is 1.73 bits per heavy atom. The molecule has 0 aliphatic heterocycles. The molecular weight excluding hydrogens is 160 g/mol. The fraction of sp³-hybridized carbons (Fsp3) is 0.286. The summed E-state index contributed by atoms with van der Waals surface area (Å²) in [6.45, 7) is 0. The van der Waals surface area contributed by atoms with Crippen LogP contribution < -0.4 is 5.73 Å². The van der Waals surface area contributed by atoms with E-state index in [9.17, 15) is 0 Å². The quantitative estimate of drug-likeness (QED) is 0.312. The standard InChI is InChI=1S/C7H10N2OS/c8-7(9-10)2-1-6-3-4-11-5-6/h3-5,10H,1-2H2,(H2,8,9). The van der Waals surface area contributed by atoms with Crippen molar-refractivity contribution in [2.75, 3.05) is 0 Å². The van der Waals surface area contributed by atoms with Crippen molar-refractivity contribution in [1.29, 1.82) is 0 Å². The van der Waals surface area contributed by atoms with Gasteiger partial charge < -0.3 is 10.9 Å². The van der Waals surface area contributed by atoms with E-state index in [0.717, 1.165) is 6.42 Å². The highest BCUT2D eigenvalue weighted by Gasteiger charge is 1.95. The smallest absolute Gasteiger partial charge is 0.139 e. The molecule has 1 heterocycles. The minimum Gasteiger partial charge on any atom is -0.409 e. The molecule has 0 atom stereocenters. The highest BCUT2D eigenvalue weighted by Crippen LogP contribution is 2.07. The Kier molecular flexibility index (Phi) is 2.92. The third-order valence-electron chi connectivity index (χ3n) is 1.38. The van der Waals surface area contributed by atoms with Gasteiger partial charge in [-0.05, 0) is 28.8 Å². The largest absolute Gasteiger partial charge is 0.409 e. The van der Waals surface area contributed by atoms with Gasteiger partial charge in [0.25, 0.3) is 0 Å². The van der Waals surface area contributed by atoms with Gasteiger partial charge in [-0.25, -0.2) is 0 Å². The van der Waals surface area contributed by atoms with Crippen LogP contribution in [0.2, 0.25) is 0 Å². The normalized spacial score (nSPS) is 11.8. The van der Waals surface area contributed by atoms with Crippen LogP contribution in [0, 0.1) is 0 Å². The molecule has 0 unspecified atom stereocenters. The molecule has 1 aromatic heterocycles. The highest BCUT2D eigenvalue weighted by atomic mass is 32.1. The number of rotatable bonds is 3. The zero-order valence-corrected chi connectivity index (χ0v) is 6.84. The SMILES string of the molecule is N/C(CCc1ccsc1)=N/O. The Hall–Kier alpha value is -1.03. The predicted octanol–water partition coefficient (Wildman–Crippen LogP) is 1.43. The fourth-order valence-electron chi connectivity index (χ4n) is 0.757. The van der Waals surface area contributed by atoms with Crippen molar-refractivity contribution >= 4 is 17.2 Å². The molecule has 1 aromatic rings. The van der Waals surface area contributed by atoms with Gasteiger partial charge in [-0.1, -0.05) is 5.16 Å². The Labute approximate surface area is 69.2 Å². The third kappa shape index (κ3) is 2.59. The van der Waals surface area contributed by atoms with E-state index in [1.165, 1.54) is 5.56 Å². The van der Waals surface area contributed by atoms with E-state index in [2.05, 4.69) is 10.5 Å². The second kappa shape index (κ2) is 3.98. The average molecular weight is 170 g/mol. The zero-order chi connectivity index (χ0) is 8.10. The molecule has 3 nitrogen and oxygen atoms in total. The van der Waals surface area contributed by atoms with Crippen molar-refractivity contribution in [3.05, 3.63) is 22.4 Å². The summed E-state index contributed by atoms with van der Waals surface area (Å²) in [5.74, 6) is 0.288. The van der Waals surface area contributed by atoms with Gasteiger partial charge in [-0.2, -0.15) is 11.3 Å². The molecule has 1 rings (SSSR count). The molecular formula is C7H10N2OS. The lowest BCUT2D eigenvalue weighted by atomic mass is 10.2. The lowest BCUT2D eigenvalue weighted by molar-refractivity contribution is 0.317. The number of nitrogens with zero attached hydrogens (tertiary/aromatic N) is 1. The number of aryl methyl sites for hydroxylation is 1. The Morgan fingerprint density at radius 3 is 3.09 bits per heavy atom. The van der Waals surface area contributed by atoms with Gasteiger partial charge in [0.05, 0.1) is 0 Å². The van der Waals surface area contributed by atoms with E-state index in [1.807, 2.05) is 11.4 Å². The van der Waals surface area contributed by atoms with Crippen LogP contribution >= 0.6 is 11.3 Å². The van der Waals surface area contributed by atoms with Gasteiger partial charge in [-0.3, -0.25) is 0 Å². The van der Waals surface area contributed by atoms with Crippen molar-refractivity contribution in [3.8, 4) is 0 Å². The van der Waals surface area contributed by atoms with Crippen molar-refractivity contribution in [1.82, 2.24) is 0 Å². The van der Waals surface area contributed by atoms with Crippen molar-refractivity contribution < 1.29 is 5.21 Å². The Balaban J connectivity index is 2.35.